The van der Waals surface area contributed by atoms with Gasteiger partial charge in [0.05, 0.1) is 23.5 Å². The average Bonchev–Trinajstić information content (AvgIpc) is 3.41. The van der Waals surface area contributed by atoms with Crippen LogP contribution in [-0.2, 0) is 4.79 Å². The van der Waals surface area contributed by atoms with Crippen LogP contribution in [0.3, 0.4) is 0 Å². The summed E-state index contributed by atoms with van der Waals surface area (Å²) in [6, 6.07) is 20.2. The number of halogens is 1. The van der Waals surface area contributed by atoms with E-state index in [4.69, 9.17) is 12.2 Å². The third-order valence-electron chi connectivity index (χ3n) is 7.06. The Kier molecular flexibility index (Phi) is 6.99. The van der Waals surface area contributed by atoms with Gasteiger partial charge in [0.2, 0.25) is 5.91 Å². The van der Waals surface area contributed by atoms with Crippen LogP contribution in [0.2, 0.25) is 0 Å². The quantitative estimate of drug-likeness (QED) is 0.282. The van der Waals surface area contributed by atoms with Crippen molar-refractivity contribution in [1.29, 1.82) is 0 Å². The maximum atomic E-state index is 14.9. The van der Waals surface area contributed by atoms with Crippen molar-refractivity contribution in [3.63, 3.8) is 0 Å². The number of benzene rings is 2. The van der Waals surface area contributed by atoms with Crippen LogP contribution in [0.5, 0.6) is 0 Å². The first kappa shape index (κ1) is 25.6. The van der Waals surface area contributed by atoms with Gasteiger partial charge >= 0.3 is 0 Å². The molecule has 2 aromatic carbocycles. The van der Waals surface area contributed by atoms with Gasteiger partial charge in [-0.15, -0.1) is 0 Å². The SMILES string of the molecule is CCC(=O)Nc1ccc(N2C(=S)N[C@H](c3ccccn3)[C@@H]2c2cc(C)n(-c3ccccc3F)c2C)cc1C. The lowest BCUT2D eigenvalue weighted by Crippen LogP contribution is -2.29. The summed E-state index contributed by atoms with van der Waals surface area (Å²) in [5.74, 6) is -0.313. The Balaban J connectivity index is 1.64. The minimum absolute atomic E-state index is 0.0344. The van der Waals surface area contributed by atoms with Gasteiger partial charge in [0.1, 0.15) is 5.82 Å². The highest BCUT2D eigenvalue weighted by Crippen LogP contribution is 2.44. The number of pyridine rings is 1. The Morgan fingerprint density at radius 2 is 1.84 bits per heavy atom. The molecule has 0 bridgehead atoms. The van der Waals surface area contributed by atoms with Crippen molar-refractivity contribution in [3.05, 3.63) is 107 Å². The molecular weight excluding hydrogens is 497 g/mol. The molecule has 2 aromatic heterocycles. The smallest absolute Gasteiger partial charge is 0.224 e. The molecule has 5 rings (SSSR count). The van der Waals surface area contributed by atoms with E-state index in [1.165, 1.54) is 6.07 Å². The van der Waals surface area contributed by atoms with Crippen molar-refractivity contribution < 1.29 is 9.18 Å². The second kappa shape index (κ2) is 10.4. The molecule has 1 saturated heterocycles. The van der Waals surface area contributed by atoms with Crippen molar-refractivity contribution in [2.45, 2.75) is 46.2 Å². The molecule has 2 N–H and O–H groups in total. The van der Waals surface area contributed by atoms with E-state index in [1.807, 2.05) is 74.7 Å². The molecule has 8 heteroatoms. The van der Waals surface area contributed by atoms with E-state index in [2.05, 4.69) is 26.6 Å². The molecular formula is C30H30FN5OS. The summed E-state index contributed by atoms with van der Waals surface area (Å²) >= 11 is 5.89. The first-order chi connectivity index (χ1) is 18.3. The Morgan fingerprint density at radius 3 is 2.53 bits per heavy atom. The number of thiocarbonyl (C=S) groups is 1. The van der Waals surface area contributed by atoms with Crippen LogP contribution in [0.4, 0.5) is 15.8 Å². The number of carbonyl (C=O) groups excluding carboxylic acids is 1. The number of hydrogen-bond donors (Lipinski definition) is 2. The zero-order valence-electron chi connectivity index (χ0n) is 21.8. The van der Waals surface area contributed by atoms with Gasteiger partial charge < -0.3 is 20.1 Å². The summed E-state index contributed by atoms with van der Waals surface area (Å²) in [6.45, 7) is 7.79. The summed E-state index contributed by atoms with van der Waals surface area (Å²) < 4.78 is 16.8. The molecule has 0 unspecified atom stereocenters. The predicted molar refractivity (Wildman–Crippen MR) is 153 cm³/mol. The minimum Gasteiger partial charge on any atom is -0.351 e. The lowest BCUT2D eigenvalue weighted by Gasteiger charge is -2.29. The number of anilines is 2. The highest BCUT2D eigenvalue weighted by atomic mass is 32.1. The van der Waals surface area contributed by atoms with E-state index < -0.39 is 0 Å². The van der Waals surface area contributed by atoms with E-state index in [9.17, 15) is 9.18 Å². The number of para-hydroxylation sites is 1. The highest BCUT2D eigenvalue weighted by molar-refractivity contribution is 7.80. The normalized spacial score (nSPS) is 17.0. The number of aryl methyl sites for hydroxylation is 2. The van der Waals surface area contributed by atoms with Gasteiger partial charge in [-0.25, -0.2) is 4.39 Å². The molecule has 0 saturated carbocycles. The van der Waals surface area contributed by atoms with E-state index in [0.717, 1.165) is 39.6 Å². The Bertz CT molecular complexity index is 1520. The largest absolute Gasteiger partial charge is 0.351 e. The lowest BCUT2D eigenvalue weighted by atomic mass is 9.96. The fraction of sp³-hybridized carbons (Fsp3) is 0.233. The summed E-state index contributed by atoms with van der Waals surface area (Å²) in [6.07, 6.45) is 2.19. The molecule has 0 aliphatic carbocycles. The Morgan fingerprint density at radius 1 is 1.08 bits per heavy atom. The molecule has 1 amide bonds. The number of nitrogens with zero attached hydrogens (tertiary/aromatic N) is 3. The summed E-state index contributed by atoms with van der Waals surface area (Å²) in [7, 11) is 0. The topological polar surface area (TPSA) is 62.2 Å². The summed E-state index contributed by atoms with van der Waals surface area (Å²) in [4.78, 5) is 18.7. The van der Waals surface area contributed by atoms with Crippen LogP contribution in [-0.4, -0.2) is 20.6 Å². The maximum Gasteiger partial charge on any atom is 0.224 e. The fourth-order valence-corrected chi connectivity index (χ4v) is 5.56. The molecule has 0 spiro atoms. The monoisotopic (exact) mass is 527 g/mol. The zero-order chi connectivity index (χ0) is 27.0. The number of rotatable bonds is 6. The van der Waals surface area contributed by atoms with Crippen molar-refractivity contribution in [2.24, 2.45) is 0 Å². The highest BCUT2D eigenvalue weighted by Gasteiger charge is 2.42. The van der Waals surface area contributed by atoms with E-state index in [1.54, 1.807) is 18.3 Å². The third-order valence-corrected chi connectivity index (χ3v) is 7.38. The third kappa shape index (κ3) is 4.56. The predicted octanol–water partition coefficient (Wildman–Crippen LogP) is 6.46. The van der Waals surface area contributed by atoms with Gasteiger partial charge in [-0.2, -0.15) is 0 Å². The van der Waals surface area contributed by atoms with E-state index in [0.29, 0.717) is 17.2 Å². The van der Waals surface area contributed by atoms with Gasteiger partial charge in [-0.3, -0.25) is 9.78 Å². The number of amides is 1. The van der Waals surface area contributed by atoms with Crippen LogP contribution >= 0.6 is 12.2 Å². The number of carbonyl (C=O) groups is 1. The molecule has 1 fully saturated rings. The Labute approximate surface area is 227 Å². The van der Waals surface area contributed by atoms with Crippen LogP contribution in [0.15, 0.2) is 72.9 Å². The van der Waals surface area contributed by atoms with Crippen molar-refractivity contribution >= 4 is 34.6 Å². The molecule has 0 radical (unpaired) electrons. The molecule has 6 nitrogen and oxygen atoms in total. The number of nitrogens with one attached hydrogen (secondary N) is 2. The lowest BCUT2D eigenvalue weighted by molar-refractivity contribution is -0.115. The summed E-state index contributed by atoms with van der Waals surface area (Å²) in [5.41, 5.74) is 6.85. The molecule has 1 aliphatic heterocycles. The standard InChI is InChI=1S/C30H30FN5OS/c1-5-27(37)33-24-14-13-21(16-18(24)2)36-29(28(34-30(36)38)25-11-8-9-15-32-25)22-17-19(3)35(20(22)4)26-12-7-6-10-23(26)31/h6-17,28-29H,5H2,1-4H3,(H,33,37)(H,34,38)/t28-,29+/m1/s1. The second-order valence-corrected chi connectivity index (χ2v) is 9.90. The van der Waals surface area contributed by atoms with Crippen LogP contribution in [0, 0.1) is 26.6 Å². The van der Waals surface area contributed by atoms with Gasteiger partial charge in [-0.05, 0) is 92.6 Å². The van der Waals surface area contributed by atoms with E-state index >= 15 is 0 Å². The van der Waals surface area contributed by atoms with Gasteiger partial charge in [0.15, 0.2) is 5.11 Å². The van der Waals surface area contributed by atoms with Crippen molar-refractivity contribution in [3.8, 4) is 5.69 Å². The minimum atomic E-state index is -0.278. The van der Waals surface area contributed by atoms with Crippen LogP contribution < -0.4 is 15.5 Å². The fourth-order valence-electron chi connectivity index (χ4n) is 5.22. The Hall–Kier alpha value is -4.04. The molecule has 38 heavy (non-hydrogen) atoms. The molecule has 194 valence electrons. The van der Waals surface area contributed by atoms with Gasteiger partial charge in [0.25, 0.3) is 0 Å². The molecule has 3 heterocycles. The first-order valence-electron chi connectivity index (χ1n) is 12.6. The van der Waals surface area contributed by atoms with E-state index in [-0.39, 0.29) is 23.8 Å². The maximum absolute atomic E-state index is 14.9. The van der Waals surface area contributed by atoms with Crippen LogP contribution in [0.1, 0.15) is 53.6 Å². The van der Waals surface area contributed by atoms with Crippen LogP contribution in [0.25, 0.3) is 5.69 Å². The molecule has 4 aromatic rings. The van der Waals surface area contributed by atoms with Crippen molar-refractivity contribution in [1.82, 2.24) is 14.9 Å². The summed E-state index contributed by atoms with van der Waals surface area (Å²) in [5, 5.41) is 7.02. The average molecular weight is 528 g/mol. The molecule has 2 atom stereocenters. The van der Waals surface area contributed by atoms with Crippen molar-refractivity contribution in [2.75, 3.05) is 10.2 Å². The van der Waals surface area contributed by atoms with Gasteiger partial charge in [0, 0.05) is 35.4 Å². The van der Waals surface area contributed by atoms with Gasteiger partial charge in [-0.1, -0.05) is 25.1 Å². The zero-order valence-corrected chi connectivity index (χ0v) is 22.6. The number of hydrogen-bond acceptors (Lipinski definition) is 3. The molecule has 1 aliphatic rings. The number of aromatic nitrogens is 2. The first-order valence-corrected chi connectivity index (χ1v) is 13.1. The second-order valence-electron chi connectivity index (χ2n) is 9.51.